The zero-order chi connectivity index (χ0) is 16.9. The summed E-state index contributed by atoms with van der Waals surface area (Å²) in [4.78, 5) is 0. The summed E-state index contributed by atoms with van der Waals surface area (Å²) >= 11 is 0. The van der Waals surface area contributed by atoms with Gasteiger partial charge in [-0.2, -0.15) is 0 Å². The number of methoxy groups -OCH3 is 1. The van der Waals surface area contributed by atoms with Crippen LogP contribution >= 0.6 is 0 Å². The van der Waals surface area contributed by atoms with Crippen molar-refractivity contribution in [1.29, 1.82) is 0 Å². The van der Waals surface area contributed by atoms with E-state index in [1.807, 2.05) is 24.3 Å². The Balaban J connectivity index is 2.52. The predicted octanol–water partition coefficient (Wildman–Crippen LogP) is 5.64. The van der Waals surface area contributed by atoms with E-state index in [1.165, 1.54) is 5.56 Å². The quantitative estimate of drug-likeness (QED) is 0.643. The normalized spacial score (nSPS) is 11.3. The molecule has 0 unspecified atom stereocenters. The minimum atomic E-state index is 0.0498. The second-order valence-corrected chi connectivity index (χ2v) is 6.79. The lowest BCUT2D eigenvalue weighted by atomic mass is 9.81. The lowest BCUT2D eigenvalue weighted by Crippen LogP contribution is -2.13. The Morgan fingerprint density at radius 1 is 1.09 bits per heavy atom. The van der Waals surface area contributed by atoms with Crippen molar-refractivity contribution >= 4 is 0 Å². The molecule has 2 rings (SSSR count). The molecule has 0 saturated carbocycles. The molecule has 0 atom stereocenters. The molecule has 0 aromatic heterocycles. The largest absolute Gasteiger partial charge is 0.497 e. The van der Waals surface area contributed by atoms with E-state index in [9.17, 15) is 0 Å². The van der Waals surface area contributed by atoms with Crippen LogP contribution in [0.2, 0.25) is 0 Å². The molecule has 2 heteroatoms. The van der Waals surface area contributed by atoms with Gasteiger partial charge in [0.25, 0.3) is 0 Å². The summed E-state index contributed by atoms with van der Waals surface area (Å²) < 4.78 is 11.4. The zero-order valence-electron chi connectivity index (χ0n) is 14.9. The van der Waals surface area contributed by atoms with E-state index in [0.717, 1.165) is 42.1 Å². The lowest BCUT2D eigenvalue weighted by Gasteiger charge is -2.24. The van der Waals surface area contributed by atoms with Crippen molar-refractivity contribution in [3.8, 4) is 22.6 Å². The summed E-state index contributed by atoms with van der Waals surface area (Å²) in [5, 5.41) is 0. The maximum Gasteiger partial charge on any atom is 0.127 e. The van der Waals surface area contributed by atoms with Gasteiger partial charge in [0.2, 0.25) is 0 Å². The predicted molar refractivity (Wildman–Crippen MR) is 96.4 cm³/mol. The van der Waals surface area contributed by atoms with E-state index in [-0.39, 0.29) is 5.41 Å². The molecule has 0 aliphatic rings. The molecule has 0 aliphatic carbocycles. The van der Waals surface area contributed by atoms with Gasteiger partial charge in [0.15, 0.2) is 0 Å². The molecule has 0 saturated heterocycles. The van der Waals surface area contributed by atoms with Gasteiger partial charge in [-0.3, -0.25) is 0 Å². The lowest BCUT2D eigenvalue weighted by molar-refractivity contribution is 0.310. The van der Waals surface area contributed by atoms with Gasteiger partial charge in [0.05, 0.1) is 13.7 Å². The fourth-order valence-corrected chi connectivity index (χ4v) is 2.61. The van der Waals surface area contributed by atoms with Gasteiger partial charge >= 0.3 is 0 Å². The summed E-state index contributed by atoms with van der Waals surface area (Å²) in [7, 11) is 1.69. The number of hydrogen-bond acceptors (Lipinski definition) is 2. The van der Waals surface area contributed by atoms with Gasteiger partial charge in [-0.05, 0) is 53.3 Å². The first kappa shape index (κ1) is 17.4. The van der Waals surface area contributed by atoms with Crippen LogP contribution in [0.5, 0.6) is 11.5 Å². The maximum absolute atomic E-state index is 6.03. The monoisotopic (exact) mass is 311 g/mol. The van der Waals surface area contributed by atoms with E-state index in [1.54, 1.807) is 7.11 Å². The van der Waals surface area contributed by atoms with Crippen LogP contribution in [0, 0.1) is 6.07 Å². The molecule has 0 heterocycles. The van der Waals surface area contributed by atoms with Crippen molar-refractivity contribution in [3.05, 3.63) is 48.0 Å². The molecular weight excluding hydrogens is 284 g/mol. The number of hydrogen-bond donors (Lipinski definition) is 0. The molecule has 2 aromatic rings. The average Bonchev–Trinajstić information content (AvgIpc) is 2.54. The van der Waals surface area contributed by atoms with Crippen molar-refractivity contribution in [2.75, 3.05) is 13.7 Å². The van der Waals surface area contributed by atoms with E-state index in [0.29, 0.717) is 0 Å². The van der Waals surface area contributed by atoms with Crippen LogP contribution in [-0.2, 0) is 5.41 Å². The Hall–Kier alpha value is -1.96. The van der Waals surface area contributed by atoms with Crippen molar-refractivity contribution < 1.29 is 9.47 Å². The van der Waals surface area contributed by atoms with E-state index >= 15 is 0 Å². The van der Waals surface area contributed by atoms with Gasteiger partial charge in [-0.15, -0.1) is 0 Å². The van der Waals surface area contributed by atoms with E-state index in [4.69, 9.17) is 9.47 Å². The second kappa shape index (κ2) is 7.54. The highest BCUT2D eigenvalue weighted by Gasteiger charge is 2.20. The number of ether oxygens (including phenoxy) is 2. The molecule has 0 spiro atoms. The van der Waals surface area contributed by atoms with Gasteiger partial charge < -0.3 is 9.47 Å². The van der Waals surface area contributed by atoms with Crippen molar-refractivity contribution in [2.24, 2.45) is 0 Å². The van der Waals surface area contributed by atoms with Crippen molar-refractivity contribution in [2.45, 2.75) is 46.0 Å². The minimum Gasteiger partial charge on any atom is -0.497 e. The topological polar surface area (TPSA) is 18.5 Å². The second-order valence-electron chi connectivity index (χ2n) is 6.79. The molecule has 0 N–H and O–H groups in total. The molecule has 2 nitrogen and oxygen atoms in total. The molecule has 1 radical (unpaired) electrons. The fraction of sp³-hybridized carbons (Fsp3) is 0.429. The summed E-state index contributed by atoms with van der Waals surface area (Å²) in [6.45, 7) is 9.58. The Morgan fingerprint density at radius 2 is 1.87 bits per heavy atom. The van der Waals surface area contributed by atoms with Crippen LogP contribution in [-0.4, -0.2) is 13.7 Å². The fourth-order valence-electron chi connectivity index (χ4n) is 2.61. The first-order valence-corrected chi connectivity index (χ1v) is 8.29. The third-order valence-electron chi connectivity index (χ3n) is 3.90. The van der Waals surface area contributed by atoms with Crippen molar-refractivity contribution in [3.63, 3.8) is 0 Å². The minimum absolute atomic E-state index is 0.0498. The number of unbranched alkanes of at least 4 members (excludes halogenated alkanes) is 1. The summed E-state index contributed by atoms with van der Waals surface area (Å²) in [5.74, 6) is 1.75. The molecule has 0 aliphatic heterocycles. The van der Waals surface area contributed by atoms with Crippen LogP contribution < -0.4 is 9.47 Å². The molecule has 0 amide bonds. The van der Waals surface area contributed by atoms with Gasteiger partial charge in [-0.25, -0.2) is 0 Å². The number of benzene rings is 2. The Kier molecular flexibility index (Phi) is 5.70. The molecule has 0 bridgehead atoms. The highest BCUT2D eigenvalue weighted by Crippen LogP contribution is 2.39. The van der Waals surface area contributed by atoms with Gasteiger partial charge in [0, 0.05) is 5.56 Å². The molecule has 0 fully saturated rings. The summed E-state index contributed by atoms with van der Waals surface area (Å²) in [6.07, 6.45) is 2.18. The average molecular weight is 311 g/mol. The van der Waals surface area contributed by atoms with Crippen LogP contribution in [0.4, 0.5) is 0 Å². The third kappa shape index (κ3) is 4.28. The highest BCUT2D eigenvalue weighted by molar-refractivity contribution is 5.75. The van der Waals surface area contributed by atoms with Crippen LogP contribution in [0.25, 0.3) is 11.1 Å². The molecule has 123 valence electrons. The van der Waals surface area contributed by atoms with Crippen molar-refractivity contribution in [1.82, 2.24) is 0 Å². The van der Waals surface area contributed by atoms with E-state index < -0.39 is 0 Å². The van der Waals surface area contributed by atoms with Crippen LogP contribution in [0.3, 0.4) is 0 Å². The van der Waals surface area contributed by atoms with Crippen LogP contribution in [0.1, 0.15) is 46.1 Å². The first-order chi connectivity index (χ1) is 11.0. The number of rotatable bonds is 6. The van der Waals surface area contributed by atoms with E-state index in [2.05, 4.69) is 45.9 Å². The summed E-state index contributed by atoms with van der Waals surface area (Å²) in [6, 6.07) is 15.4. The zero-order valence-corrected chi connectivity index (χ0v) is 14.9. The Morgan fingerprint density at radius 3 is 2.52 bits per heavy atom. The van der Waals surface area contributed by atoms with Gasteiger partial charge in [-0.1, -0.05) is 46.2 Å². The SMILES string of the molecule is CCCCOc1ccc(OC)cc1-c1c[c]ccc1C(C)(C)C. The first-order valence-electron chi connectivity index (χ1n) is 8.29. The molecule has 2 aromatic carbocycles. The molecule has 23 heavy (non-hydrogen) atoms. The standard InChI is InChI=1S/C21H27O2/c1-6-7-14-23-20-13-12-16(22-5)15-18(20)17-10-8-9-11-19(17)21(2,3)4/h9-13,15H,6-7,14H2,1-5H3. The smallest absolute Gasteiger partial charge is 0.127 e. The highest BCUT2D eigenvalue weighted by atomic mass is 16.5. The van der Waals surface area contributed by atoms with Gasteiger partial charge in [0.1, 0.15) is 11.5 Å². The summed E-state index contributed by atoms with van der Waals surface area (Å²) in [5.41, 5.74) is 3.56. The third-order valence-corrected chi connectivity index (χ3v) is 3.90. The van der Waals surface area contributed by atoms with Crippen LogP contribution in [0.15, 0.2) is 36.4 Å². The Labute approximate surface area is 140 Å². The Bertz CT molecular complexity index is 639. The molecular formula is C21H27O2. The maximum atomic E-state index is 6.03.